The van der Waals surface area contributed by atoms with E-state index in [1.54, 1.807) is 6.20 Å². The van der Waals surface area contributed by atoms with E-state index in [1.165, 1.54) is 5.56 Å². The quantitative estimate of drug-likeness (QED) is 0.661. The molecule has 0 aliphatic carbocycles. The SMILES string of the molecule is Cc1ncccc1OC1CN(Cc2ccc(Oc3ccccc3)cc2)C1. The van der Waals surface area contributed by atoms with Gasteiger partial charge < -0.3 is 9.47 Å². The Hall–Kier alpha value is -2.85. The summed E-state index contributed by atoms with van der Waals surface area (Å²) in [6.45, 7) is 4.79. The average Bonchev–Trinajstić information content (AvgIpc) is 2.64. The first kappa shape index (κ1) is 16.6. The highest BCUT2D eigenvalue weighted by atomic mass is 16.5. The monoisotopic (exact) mass is 346 g/mol. The summed E-state index contributed by atoms with van der Waals surface area (Å²) in [6, 6.07) is 22.0. The van der Waals surface area contributed by atoms with Crippen molar-refractivity contribution in [2.75, 3.05) is 13.1 Å². The van der Waals surface area contributed by atoms with Crippen molar-refractivity contribution in [3.63, 3.8) is 0 Å². The van der Waals surface area contributed by atoms with Crippen LogP contribution in [0.25, 0.3) is 0 Å². The fourth-order valence-corrected chi connectivity index (χ4v) is 3.05. The van der Waals surface area contributed by atoms with Crippen LogP contribution in [0.4, 0.5) is 0 Å². The standard InChI is InChI=1S/C22H22N2O2/c1-17-22(8-5-13-23-17)26-21-15-24(16-21)14-18-9-11-20(12-10-18)25-19-6-3-2-4-7-19/h2-13,21H,14-16H2,1H3. The maximum Gasteiger partial charge on any atom is 0.141 e. The van der Waals surface area contributed by atoms with Gasteiger partial charge in [0.1, 0.15) is 23.4 Å². The van der Waals surface area contributed by atoms with Crippen LogP contribution < -0.4 is 9.47 Å². The van der Waals surface area contributed by atoms with Gasteiger partial charge in [-0.3, -0.25) is 9.88 Å². The smallest absolute Gasteiger partial charge is 0.141 e. The second-order valence-corrected chi connectivity index (χ2v) is 6.58. The molecule has 2 aromatic carbocycles. The van der Waals surface area contributed by atoms with Gasteiger partial charge in [-0.05, 0) is 48.9 Å². The molecule has 0 saturated carbocycles. The molecule has 0 bridgehead atoms. The number of benzene rings is 2. The third-order valence-corrected chi connectivity index (χ3v) is 4.48. The van der Waals surface area contributed by atoms with Crippen molar-refractivity contribution in [3.8, 4) is 17.2 Å². The topological polar surface area (TPSA) is 34.6 Å². The maximum absolute atomic E-state index is 6.01. The van der Waals surface area contributed by atoms with Crippen molar-refractivity contribution in [1.82, 2.24) is 9.88 Å². The van der Waals surface area contributed by atoms with E-state index in [9.17, 15) is 0 Å². The van der Waals surface area contributed by atoms with Gasteiger partial charge in [0.2, 0.25) is 0 Å². The van der Waals surface area contributed by atoms with Crippen molar-refractivity contribution < 1.29 is 9.47 Å². The Morgan fingerprint density at radius 1 is 0.923 bits per heavy atom. The summed E-state index contributed by atoms with van der Waals surface area (Å²) in [5.41, 5.74) is 2.22. The van der Waals surface area contributed by atoms with Gasteiger partial charge in [0.05, 0.1) is 5.69 Å². The zero-order valence-electron chi connectivity index (χ0n) is 14.8. The van der Waals surface area contributed by atoms with E-state index in [1.807, 2.05) is 61.5 Å². The Labute approximate surface area is 154 Å². The number of ether oxygens (including phenoxy) is 2. The van der Waals surface area contributed by atoms with Crippen molar-refractivity contribution in [2.45, 2.75) is 19.6 Å². The third-order valence-electron chi connectivity index (χ3n) is 4.48. The fraction of sp³-hybridized carbons (Fsp3) is 0.227. The summed E-state index contributed by atoms with van der Waals surface area (Å²) >= 11 is 0. The second-order valence-electron chi connectivity index (χ2n) is 6.58. The molecule has 1 aliphatic rings. The van der Waals surface area contributed by atoms with Crippen LogP contribution in [0.2, 0.25) is 0 Å². The highest BCUT2D eigenvalue weighted by Crippen LogP contribution is 2.24. The maximum atomic E-state index is 6.01. The Balaban J connectivity index is 1.26. The first-order valence-corrected chi connectivity index (χ1v) is 8.89. The van der Waals surface area contributed by atoms with Gasteiger partial charge >= 0.3 is 0 Å². The molecule has 0 amide bonds. The van der Waals surface area contributed by atoms with Gasteiger partial charge in [0, 0.05) is 25.8 Å². The number of hydrogen-bond acceptors (Lipinski definition) is 4. The lowest BCUT2D eigenvalue weighted by Gasteiger charge is -2.39. The van der Waals surface area contributed by atoms with Gasteiger partial charge in [0.25, 0.3) is 0 Å². The molecule has 2 heterocycles. The zero-order chi connectivity index (χ0) is 17.8. The minimum absolute atomic E-state index is 0.249. The minimum atomic E-state index is 0.249. The number of hydrogen-bond donors (Lipinski definition) is 0. The molecule has 0 radical (unpaired) electrons. The Morgan fingerprint density at radius 2 is 1.65 bits per heavy atom. The molecular weight excluding hydrogens is 324 g/mol. The number of aromatic nitrogens is 1. The fourth-order valence-electron chi connectivity index (χ4n) is 3.05. The largest absolute Gasteiger partial charge is 0.486 e. The molecule has 1 fully saturated rings. The van der Waals surface area contributed by atoms with Crippen LogP contribution in [0.1, 0.15) is 11.3 Å². The predicted molar refractivity (Wildman–Crippen MR) is 102 cm³/mol. The molecule has 0 atom stereocenters. The molecule has 0 unspecified atom stereocenters. The van der Waals surface area contributed by atoms with Crippen LogP contribution in [0, 0.1) is 6.92 Å². The highest BCUT2D eigenvalue weighted by molar-refractivity contribution is 5.33. The van der Waals surface area contributed by atoms with Crippen molar-refractivity contribution in [3.05, 3.63) is 84.2 Å². The van der Waals surface area contributed by atoms with Crippen LogP contribution in [-0.2, 0) is 6.54 Å². The van der Waals surface area contributed by atoms with E-state index in [4.69, 9.17) is 9.47 Å². The molecule has 1 aliphatic heterocycles. The van der Waals surface area contributed by atoms with E-state index < -0.39 is 0 Å². The molecule has 0 N–H and O–H groups in total. The lowest BCUT2D eigenvalue weighted by Crippen LogP contribution is -2.53. The summed E-state index contributed by atoms with van der Waals surface area (Å²) in [7, 11) is 0. The molecule has 3 aromatic rings. The Kier molecular flexibility index (Phi) is 4.84. The van der Waals surface area contributed by atoms with E-state index in [0.29, 0.717) is 0 Å². The number of rotatable bonds is 6. The van der Waals surface area contributed by atoms with Gasteiger partial charge in [-0.2, -0.15) is 0 Å². The van der Waals surface area contributed by atoms with E-state index in [0.717, 1.165) is 42.6 Å². The van der Waals surface area contributed by atoms with Crippen molar-refractivity contribution >= 4 is 0 Å². The lowest BCUT2D eigenvalue weighted by molar-refractivity contribution is 0.0139. The third kappa shape index (κ3) is 4.03. The number of nitrogens with zero attached hydrogens (tertiary/aromatic N) is 2. The molecule has 0 spiro atoms. The second kappa shape index (κ2) is 7.58. The zero-order valence-corrected chi connectivity index (χ0v) is 14.8. The normalized spacial score (nSPS) is 14.7. The number of likely N-dealkylation sites (tertiary alicyclic amines) is 1. The van der Waals surface area contributed by atoms with Gasteiger partial charge in [0.15, 0.2) is 0 Å². The summed E-state index contributed by atoms with van der Waals surface area (Å²) < 4.78 is 11.8. The Bertz CT molecular complexity index is 844. The summed E-state index contributed by atoms with van der Waals surface area (Å²) in [5.74, 6) is 2.60. The average molecular weight is 346 g/mol. The summed E-state index contributed by atoms with van der Waals surface area (Å²) in [5, 5.41) is 0. The minimum Gasteiger partial charge on any atom is -0.486 e. The van der Waals surface area contributed by atoms with Gasteiger partial charge in [-0.25, -0.2) is 0 Å². The number of aryl methyl sites for hydroxylation is 1. The predicted octanol–water partition coefficient (Wildman–Crippen LogP) is 4.45. The Morgan fingerprint density at radius 3 is 2.38 bits per heavy atom. The van der Waals surface area contributed by atoms with Gasteiger partial charge in [-0.1, -0.05) is 30.3 Å². The molecule has 4 heteroatoms. The molecular formula is C22H22N2O2. The molecule has 4 nitrogen and oxygen atoms in total. The summed E-state index contributed by atoms with van der Waals surface area (Å²) in [6.07, 6.45) is 2.04. The van der Waals surface area contributed by atoms with Crippen LogP contribution in [0.5, 0.6) is 17.2 Å². The molecule has 1 saturated heterocycles. The molecule has 1 aromatic heterocycles. The van der Waals surface area contributed by atoms with Gasteiger partial charge in [-0.15, -0.1) is 0 Å². The van der Waals surface area contributed by atoms with E-state index in [2.05, 4.69) is 22.0 Å². The number of pyridine rings is 1. The highest BCUT2D eigenvalue weighted by Gasteiger charge is 2.28. The first-order chi connectivity index (χ1) is 12.8. The number of para-hydroxylation sites is 1. The van der Waals surface area contributed by atoms with Crippen LogP contribution >= 0.6 is 0 Å². The lowest BCUT2D eigenvalue weighted by atomic mass is 10.1. The molecule has 4 rings (SSSR count). The first-order valence-electron chi connectivity index (χ1n) is 8.89. The van der Waals surface area contributed by atoms with E-state index >= 15 is 0 Å². The van der Waals surface area contributed by atoms with Crippen LogP contribution in [-0.4, -0.2) is 29.1 Å². The van der Waals surface area contributed by atoms with E-state index in [-0.39, 0.29) is 6.10 Å². The van der Waals surface area contributed by atoms with Crippen molar-refractivity contribution in [2.24, 2.45) is 0 Å². The van der Waals surface area contributed by atoms with Crippen LogP contribution in [0.15, 0.2) is 72.9 Å². The van der Waals surface area contributed by atoms with Crippen LogP contribution in [0.3, 0.4) is 0 Å². The summed E-state index contributed by atoms with van der Waals surface area (Å²) in [4.78, 5) is 6.64. The molecule has 26 heavy (non-hydrogen) atoms. The van der Waals surface area contributed by atoms with Crippen molar-refractivity contribution in [1.29, 1.82) is 0 Å². The molecule has 132 valence electrons.